The van der Waals surface area contributed by atoms with Gasteiger partial charge in [-0.1, -0.05) is 30.3 Å². The SMILES string of the molecule is CN(Cc1ccc(N2CCN(Cc3cccc(I)c3)CC2)cc1)CC(O)(Cn1cncn1)c1ccc(F)cc1F. The Morgan fingerprint density at radius 3 is 2.42 bits per heavy atom. The lowest BCUT2D eigenvalue weighted by atomic mass is 9.92. The van der Waals surface area contributed by atoms with Gasteiger partial charge in [0.15, 0.2) is 0 Å². The summed E-state index contributed by atoms with van der Waals surface area (Å²) in [5, 5.41) is 15.7. The maximum Gasteiger partial charge on any atom is 0.137 e. The number of aliphatic hydroxyl groups is 1. The number of hydrogen-bond donors (Lipinski definition) is 1. The highest BCUT2D eigenvalue weighted by Gasteiger charge is 2.35. The first-order valence-electron chi connectivity index (χ1n) is 13.3. The molecule has 1 aliphatic rings. The first kappa shape index (κ1) is 28.6. The van der Waals surface area contributed by atoms with E-state index >= 15 is 0 Å². The van der Waals surface area contributed by atoms with Crippen LogP contribution in [0.15, 0.2) is 79.4 Å². The van der Waals surface area contributed by atoms with Gasteiger partial charge < -0.3 is 10.0 Å². The molecule has 0 bridgehead atoms. The van der Waals surface area contributed by atoms with Crippen LogP contribution in [0.3, 0.4) is 0 Å². The second-order valence-electron chi connectivity index (χ2n) is 10.5. The van der Waals surface area contributed by atoms with Crippen LogP contribution in [0.5, 0.6) is 0 Å². The highest BCUT2D eigenvalue weighted by molar-refractivity contribution is 14.1. The van der Waals surface area contributed by atoms with Crippen molar-refractivity contribution in [2.75, 3.05) is 44.7 Å². The minimum Gasteiger partial charge on any atom is -0.382 e. The van der Waals surface area contributed by atoms with Crippen LogP contribution in [0.25, 0.3) is 0 Å². The van der Waals surface area contributed by atoms with E-state index in [9.17, 15) is 13.9 Å². The first-order valence-corrected chi connectivity index (χ1v) is 14.3. The predicted molar refractivity (Wildman–Crippen MR) is 160 cm³/mol. The average molecular weight is 659 g/mol. The van der Waals surface area contributed by atoms with Crippen molar-refractivity contribution < 1.29 is 13.9 Å². The van der Waals surface area contributed by atoms with Crippen molar-refractivity contribution in [3.05, 3.63) is 111 Å². The molecule has 10 heteroatoms. The van der Waals surface area contributed by atoms with Gasteiger partial charge in [0.05, 0.1) is 6.54 Å². The second kappa shape index (κ2) is 12.7. The van der Waals surface area contributed by atoms with Gasteiger partial charge in [0, 0.05) is 66.7 Å². The zero-order valence-electron chi connectivity index (χ0n) is 22.4. The van der Waals surface area contributed by atoms with E-state index in [1.807, 2.05) is 11.9 Å². The summed E-state index contributed by atoms with van der Waals surface area (Å²) >= 11 is 2.36. The van der Waals surface area contributed by atoms with E-state index in [1.165, 1.54) is 38.2 Å². The van der Waals surface area contributed by atoms with Gasteiger partial charge in [-0.05, 0) is 71.1 Å². The van der Waals surface area contributed by atoms with Crippen LogP contribution < -0.4 is 4.90 Å². The zero-order valence-corrected chi connectivity index (χ0v) is 24.6. The van der Waals surface area contributed by atoms with Gasteiger partial charge in [0.1, 0.15) is 29.9 Å². The van der Waals surface area contributed by atoms with E-state index in [-0.39, 0.29) is 18.7 Å². The van der Waals surface area contributed by atoms with Crippen molar-refractivity contribution >= 4 is 28.3 Å². The molecule has 7 nitrogen and oxygen atoms in total. The van der Waals surface area contributed by atoms with Crippen LogP contribution in [0.2, 0.25) is 0 Å². The van der Waals surface area contributed by atoms with Gasteiger partial charge in [0.25, 0.3) is 0 Å². The standard InChI is InChI=1S/C30H33F2IN6O/c1-36(19-30(40,20-39-22-34-21-35-39)28-10-7-25(31)16-29(28)32)17-23-5-8-27(9-6-23)38-13-11-37(12-14-38)18-24-3-2-4-26(33)15-24/h2-10,15-16,21-22,40H,11-14,17-20H2,1H3. The molecule has 0 radical (unpaired) electrons. The van der Waals surface area contributed by atoms with Crippen molar-refractivity contribution in [2.45, 2.75) is 25.2 Å². The monoisotopic (exact) mass is 658 g/mol. The number of anilines is 1. The summed E-state index contributed by atoms with van der Waals surface area (Å²) in [6, 6.07) is 20.4. The largest absolute Gasteiger partial charge is 0.382 e. The van der Waals surface area contributed by atoms with Crippen molar-refractivity contribution in [1.82, 2.24) is 24.6 Å². The van der Waals surface area contributed by atoms with Crippen LogP contribution in [-0.2, 0) is 25.2 Å². The molecule has 0 aliphatic carbocycles. The lowest BCUT2D eigenvalue weighted by molar-refractivity contribution is -0.0175. The fraction of sp³-hybridized carbons (Fsp3) is 0.333. The maximum absolute atomic E-state index is 14.8. The molecule has 0 amide bonds. The summed E-state index contributed by atoms with van der Waals surface area (Å²) in [7, 11) is 1.87. The normalized spacial score (nSPS) is 15.9. The Morgan fingerprint density at radius 2 is 1.75 bits per heavy atom. The molecule has 1 saturated heterocycles. The van der Waals surface area contributed by atoms with E-state index in [0.29, 0.717) is 6.54 Å². The maximum atomic E-state index is 14.8. The fourth-order valence-electron chi connectivity index (χ4n) is 5.35. The smallest absolute Gasteiger partial charge is 0.137 e. The number of nitrogens with zero attached hydrogens (tertiary/aromatic N) is 6. The van der Waals surface area contributed by atoms with Crippen molar-refractivity contribution in [3.8, 4) is 0 Å². The topological polar surface area (TPSA) is 60.7 Å². The average Bonchev–Trinajstić information content (AvgIpc) is 3.42. The van der Waals surface area contributed by atoms with E-state index in [2.05, 4.69) is 91.0 Å². The fourth-order valence-corrected chi connectivity index (χ4v) is 5.96. The van der Waals surface area contributed by atoms with Gasteiger partial charge >= 0.3 is 0 Å². The van der Waals surface area contributed by atoms with E-state index in [0.717, 1.165) is 50.4 Å². The second-order valence-corrected chi connectivity index (χ2v) is 11.7. The molecule has 1 unspecified atom stereocenters. The molecule has 5 rings (SSSR count). The minimum absolute atomic E-state index is 0.0195. The third-order valence-corrected chi connectivity index (χ3v) is 7.95. The Morgan fingerprint density at radius 1 is 0.975 bits per heavy atom. The van der Waals surface area contributed by atoms with Crippen molar-refractivity contribution in [1.29, 1.82) is 0 Å². The summed E-state index contributed by atoms with van der Waals surface area (Å²) < 4.78 is 31.1. The summed E-state index contributed by atoms with van der Waals surface area (Å²) in [6.45, 7) is 5.59. The number of likely N-dealkylation sites (N-methyl/N-ethyl adjacent to an activating group) is 1. The molecular weight excluding hydrogens is 625 g/mol. The third-order valence-electron chi connectivity index (χ3n) is 7.28. The van der Waals surface area contributed by atoms with Gasteiger partial charge in [-0.15, -0.1) is 0 Å². The van der Waals surface area contributed by atoms with Crippen LogP contribution >= 0.6 is 22.6 Å². The Balaban J connectivity index is 1.19. The molecule has 1 aromatic heterocycles. The van der Waals surface area contributed by atoms with Gasteiger partial charge in [-0.2, -0.15) is 5.10 Å². The van der Waals surface area contributed by atoms with Gasteiger partial charge in [-0.25, -0.2) is 18.4 Å². The number of aromatic nitrogens is 3. The molecule has 1 aliphatic heterocycles. The first-order chi connectivity index (χ1) is 19.3. The Labute approximate surface area is 247 Å². The van der Waals surface area contributed by atoms with Gasteiger partial charge in [0.2, 0.25) is 0 Å². The predicted octanol–water partition coefficient (Wildman–Crippen LogP) is 4.50. The van der Waals surface area contributed by atoms with E-state index in [1.54, 1.807) is 0 Å². The molecular formula is C30H33F2IN6O. The minimum atomic E-state index is -1.64. The number of piperazine rings is 1. The number of benzene rings is 3. The van der Waals surface area contributed by atoms with Crippen molar-refractivity contribution in [3.63, 3.8) is 0 Å². The number of rotatable bonds is 10. The molecule has 2 heterocycles. The third kappa shape index (κ3) is 7.22. The van der Waals surface area contributed by atoms with E-state index < -0.39 is 17.2 Å². The molecule has 0 spiro atoms. The number of halogens is 3. The molecule has 1 N–H and O–H groups in total. The van der Waals surface area contributed by atoms with Crippen LogP contribution in [0.4, 0.5) is 14.5 Å². The molecule has 1 atom stereocenters. The summed E-state index contributed by atoms with van der Waals surface area (Å²) in [5.74, 6) is -1.48. The lowest BCUT2D eigenvalue weighted by Crippen LogP contribution is -2.46. The molecule has 4 aromatic rings. The van der Waals surface area contributed by atoms with Crippen LogP contribution in [0.1, 0.15) is 16.7 Å². The number of hydrogen-bond acceptors (Lipinski definition) is 6. The molecule has 40 heavy (non-hydrogen) atoms. The molecule has 0 saturated carbocycles. The molecule has 3 aromatic carbocycles. The zero-order chi connectivity index (χ0) is 28.1. The van der Waals surface area contributed by atoms with Crippen molar-refractivity contribution in [2.24, 2.45) is 0 Å². The Hall–Kier alpha value is -2.93. The van der Waals surface area contributed by atoms with Crippen LogP contribution in [0, 0.1) is 15.2 Å². The summed E-state index contributed by atoms with van der Waals surface area (Å²) in [5.41, 5.74) is 2.00. The van der Waals surface area contributed by atoms with Gasteiger partial charge in [-0.3, -0.25) is 9.80 Å². The Kier molecular flexibility index (Phi) is 9.09. The summed E-state index contributed by atoms with van der Waals surface area (Å²) in [4.78, 5) is 10.8. The highest BCUT2D eigenvalue weighted by Crippen LogP contribution is 2.28. The quantitative estimate of drug-likeness (QED) is 0.254. The summed E-state index contributed by atoms with van der Waals surface area (Å²) in [6.07, 6.45) is 2.82. The van der Waals surface area contributed by atoms with E-state index in [4.69, 9.17) is 0 Å². The Bertz CT molecular complexity index is 1400. The van der Waals surface area contributed by atoms with Crippen LogP contribution in [-0.4, -0.2) is 69.4 Å². The lowest BCUT2D eigenvalue weighted by Gasteiger charge is -2.36. The highest BCUT2D eigenvalue weighted by atomic mass is 127. The molecule has 210 valence electrons. The molecule has 1 fully saturated rings.